The van der Waals surface area contributed by atoms with Crippen LogP contribution in [0.4, 0.5) is 5.69 Å². The summed E-state index contributed by atoms with van der Waals surface area (Å²) in [6.45, 7) is 2.57. The topological polar surface area (TPSA) is 48.0 Å². The first-order chi connectivity index (χ1) is 8.06. The van der Waals surface area contributed by atoms with Crippen LogP contribution in [0.2, 0.25) is 0 Å². The van der Waals surface area contributed by atoms with Gasteiger partial charge < -0.3 is 10.3 Å². The summed E-state index contributed by atoms with van der Waals surface area (Å²) in [6, 6.07) is 9.70. The fourth-order valence-electron chi connectivity index (χ4n) is 1.63. The highest BCUT2D eigenvalue weighted by molar-refractivity contribution is 9.10. The van der Waals surface area contributed by atoms with Gasteiger partial charge in [-0.05, 0) is 34.5 Å². The highest BCUT2D eigenvalue weighted by atomic mass is 79.9. The van der Waals surface area contributed by atoms with Crippen molar-refractivity contribution in [3.05, 3.63) is 62.5 Å². The molecule has 0 fully saturated rings. The van der Waals surface area contributed by atoms with Crippen molar-refractivity contribution in [2.75, 3.05) is 5.73 Å². The van der Waals surface area contributed by atoms with Gasteiger partial charge in [0, 0.05) is 11.9 Å². The maximum absolute atomic E-state index is 11.9. The number of nitrogens with two attached hydrogens (primary N) is 1. The van der Waals surface area contributed by atoms with Crippen LogP contribution in [0, 0.1) is 6.92 Å². The van der Waals surface area contributed by atoms with Crippen LogP contribution in [0.5, 0.6) is 0 Å². The predicted molar refractivity (Wildman–Crippen MR) is 73.1 cm³/mol. The van der Waals surface area contributed by atoms with Gasteiger partial charge in [0.25, 0.3) is 5.56 Å². The number of rotatable bonds is 2. The Bertz CT molecular complexity index is 587. The van der Waals surface area contributed by atoms with Gasteiger partial charge in [0.15, 0.2) is 0 Å². The second kappa shape index (κ2) is 4.75. The van der Waals surface area contributed by atoms with Crippen LogP contribution in [0.15, 0.2) is 45.8 Å². The molecule has 88 valence electrons. The van der Waals surface area contributed by atoms with Crippen molar-refractivity contribution < 1.29 is 0 Å². The molecular weight excluding hydrogens is 280 g/mol. The molecule has 2 aromatic rings. The molecule has 0 bridgehead atoms. The Kier molecular flexibility index (Phi) is 3.33. The first-order valence-electron chi connectivity index (χ1n) is 5.27. The molecule has 4 heteroatoms. The van der Waals surface area contributed by atoms with Crippen LogP contribution in [-0.2, 0) is 6.54 Å². The quantitative estimate of drug-likeness (QED) is 0.925. The molecule has 0 aliphatic rings. The summed E-state index contributed by atoms with van der Waals surface area (Å²) in [4.78, 5) is 11.9. The zero-order chi connectivity index (χ0) is 12.4. The Labute approximate surface area is 108 Å². The lowest BCUT2D eigenvalue weighted by Gasteiger charge is -2.08. The molecular formula is C13H13BrN2O. The van der Waals surface area contributed by atoms with E-state index < -0.39 is 0 Å². The minimum absolute atomic E-state index is 0.0697. The number of hydrogen-bond acceptors (Lipinski definition) is 2. The largest absolute Gasteiger partial charge is 0.398 e. The number of anilines is 1. The summed E-state index contributed by atoms with van der Waals surface area (Å²) < 4.78 is 2.09. The van der Waals surface area contributed by atoms with Gasteiger partial charge in [-0.25, -0.2) is 0 Å². The molecule has 0 aliphatic heterocycles. The molecule has 17 heavy (non-hydrogen) atoms. The van der Waals surface area contributed by atoms with Crippen molar-refractivity contribution in [1.82, 2.24) is 4.57 Å². The molecule has 1 aromatic carbocycles. The van der Waals surface area contributed by atoms with Crippen LogP contribution in [0.1, 0.15) is 11.1 Å². The molecule has 3 nitrogen and oxygen atoms in total. The third-order valence-electron chi connectivity index (χ3n) is 2.54. The zero-order valence-electron chi connectivity index (χ0n) is 9.48. The van der Waals surface area contributed by atoms with E-state index >= 15 is 0 Å². The van der Waals surface area contributed by atoms with Crippen molar-refractivity contribution in [2.24, 2.45) is 0 Å². The number of benzene rings is 1. The number of nitrogen functional groups attached to an aromatic ring is 1. The summed E-state index contributed by atoms with van der Waals surface area (Å²) in [5, 5.41) is 0. The Balaban J connectivity index is 2.36. The third kappa shape index (κ3) is 2.77. The highest BCUT2D eigenvalue weighted by Crippen LogP contribution is 2.10. The van der Waals surface area contributed by atoms with Crippen molar-refractivity contribution >= 4 is 21.6 Å². The Morgan fingerprint density at radius 2 is 1.94 bits per heavy atom. The van der Waals surface area contributed by atoms with E-state index in [9.17, 15) is 4.79 Å². The maximum Gasteiger partial charge on any atom is 0.265 e. The highest BCUT2D eigenvalue weighted by Gasteiger charge is 2.03. The summed E-state index contributed by atoms with van der Waals surface area (Å²) in [5.41, 5.74) is 8.50. The van der Waals surface area contributed by atoms with Crippen LogP contribution in [0.25, 0.3) is 0 Å². The van der Waals surface area contributed by atoms with Crippen molar-refractivity contribution in [1.29, 1.82) is 0 Å². The number of pyridine rings is 1. The van der Waals surface area contributed by atoms with Gasteiger partial charge in [0.2, 0.25) is 0 Å². The number of aromatic nitrogens is 1. The standard InChI is InChI=1S/C13H13BrN2O/c1-9-2-4-10(5-3-9)7-16-8-11(15)6-12(14)13(16)17/h2-6,8H,7,15H2,1H3. The molecule has 0 saturated carbocycles. The fraction of sp³-hybridized carbons (Fsp3) is 0.154. The van der Waals surface area contributed by atoms with Crippen LogP contribution >= 0.6 is 15.9 Å². The van der Waals surface area contributed by atoms with E-state index in [0.717, 1.165) is 5.56 Å². The van der Waals surface area contributed by atoms with Crippen molar-refractivity contribution in [3.63, 3.8) is 0 Å². The van der Waals surface area contributed by atoms with Gasteiger partial charge >= 0.3 is 0 Å². The average Bonchev–Trinajstić information content (AvgIpc) is 2.28. The summed E-state index contributed by atoms with van der Waals surface area (Å²) >= 11 is 3.21. The van der Waals surface area contributed by atoms with Gasteiger partial charge in [-0.1, -0.05) is 29.8 Å². The van der Waals surface area contributed by atoms with E-state index in [1.165, 1.54) is 5.56 Å². The fourth-order valence-corrected chi connectivity index (χ4v) is 2.12. The SMILES string of the molecule is Cc1ccc(Cn2cc(N)cc(Br)c2=O)cc1. The monoisotopic (exact) mass is 292 g/mol. The Morgan fingerprint density at radius 3 is 2.59 bits per heavy atom. The third-order valence-corrected chi connectivity index (χ3v) is 3.11. The summed E-state index contributed by atoms with van der Waals surface area (Å²) in [7, 11) is 0. The second-order valence-corrected chi connectivity index (χ2v) is 4.89. The molecule has 0 atom stereocenters. The van der Waals surface area contributed by atoms with E-state index in [4.69, 9.17) is 5.73 Å². The smallest absolute Gasteiger partial charge is 0.265 e. The van der Waals surface area contributed by atoms with Crippen LogP contribution < -0.4 is 11.3 Å². The molecule has 2 N–H and O–H groups in total. The van der Waals surface area contributed by atoms with E-state index in [1.54, 1.807) is 16.8 Å². The van der Waals surface area contributed by atoms with Crippen molar-refractivity contribution in [2.45, 2.75) is 13.5 Å². The maximum atomic E-state index is 11.9. The van der Waals surface area contributed by atoms with Crippen molar-refractivity contribution in [3.8, 4) is 0 Å². The number of aryl methyl sites for hydroxylation is 1. The second-order valence-electron chi connectivity index (χ2n) is 4.04. The van der Waals surface area contributed by atoms with Gasteiger partial charge in [-0.3, -0.25) is 4.79 Å². The molecule has 1 aromatic heterocycles. The molecule has 0 amide bonds. The minimum atomic E-state index is -0.0697. The number of nitrogens with zero attached hydrogens (tertiary/aromatic N) is 1. The Hall–Kier alpha value is -1.55. The predicted octanol–water partition coefficient (Wildman–Crippen LogP) is 2.55. The molecule has 0 aliphatic carbocycles. The van der Waals surface area contributed by atoms with Gasteiger partial charge in [-0.2, -0.15) is 0 Å². The zero-order valence-corrected chi connectivity index (χ0v) is 11.1. The van der Waals surface area contributed by atoms with Crippen LogP contribution in [0.3, 0.4) is 0 Å². The molecule has 0 unspecified atom stereocenters. The lowest BCUT2D eigenvalue weighted by atomic mass is 10.1. The average molecular weight is 293 g/mol. The Morgan fingerprint density at radius 1 is 1.29 bits per heavy atom. The number of hydrogen-bond donors (Lipinski definition) is 1. The van der Waals surface area contributed by atoms with Gasteiger partial charge in [-0.15, -0.1) is 0 Å². The van der Waals surface area contributed by atoms with E-state index in [0.29, 0.717) is 16.7 Å². The lowest BCUT2D eigenvalue weighted by Crippen LogP contribution is -2.21. The summed E-state index contributed by atoms with van der Waals surface area (Å²) in [5.74, 6) is 0. The molecule has 2 rings (SSSR count). The lowest BCUT2D eigenvalue weighted by molar-refractivity contribution is 0.757. The molecule has 0 saturated heterocycles. The minimum Gasteiger partial charge on any atom is -0.398 e. The van der Waals surface area contributed by atoms with E-state index in [-0.39, 0.29) is 5.56 Å². The van der Waals surface area contributed by atoms with Gasteiger partial charge in [0.1, 0.15) is 0 Å². The first kappa shape index (κ1) is 11.9. The molecule has 0 radical (unpaired) electrons. The van der Waals surface area contributed by atoms with Gasteiger partial charge in [0.05, 0.1) is 11.0 Å². The molecule has 0 spiro atoms. The summed E-state index contributed by atoms with van der Waals surface area (Å²) in [6.07, 6.45) is 1.66. The van der Waals surface area contributed by atoms with E-state index in [2.05, 4.69) is 15.9 Å². The molecule has 1 heterocycles. The van der Waals surface area contributed by atoms with E-state index in [1.807, 2.05) is 31.2 Å². The normalized spacial score (nSPS) is 10.5. The van der Waals surface area contributed by atoms with Crippen LogP contribution in [-0.4, -0.2) is 4.57 Å². The first-order valence-corrected chi connectivity index (χ1v) is 6.06. The number of halogens is 1.